The van der Waals surface area contributed by atoms with Gasteiger partial charge < -0.3 is 37.2 Å². The first-order valence-electron chi connectivity index (χ1n) is 15.0. The Hall–Kier alpha value is -2.86. The van der Waals surface area contributed by atoms with E-state index in [2.05, 4.69) is 48.1 Å². The van der Waals surface area contributed by atoms with Gasteiger partial charge in [-0.05, 0) is 0 Å². The van der Waals surface area contributed by atoms with Crippen molar-refractivity contribution in [3.05, 3.63) is 58.7 Å². The summed E-state index contributed by atoms with van der Waals surface area (Å²) in [7, 11) is 11.0. The van der Waals surface area contributed by atoms with Crippen LogP contribution in [0.4, 0.5) is 0 Å². The van der Waals surface area contributed by atoms with E-state index in [1.807, 2.05) is 36.4 Å². The first kappa shape index (κ1) is 45.2. The predicted molar refractivity (Wildman–Crippen MR) is 182 cm³/mol. The molecule has 0 N–H and O–H groups in total. The van der Waals surface area contributed by atoms with Crippen LogP contribution in [0.5, 0.6) is 51.7 Å². The molecule has 0 spiro atoms. The summed E-state index contributed by atoms with van der Waals surface area (Å²) in [5, 5.41) is 2.55. The summed E-state index contributed by atoms with van der Waals surface area (Å²) in [6, 6.07) is 11.6. The van der Waals surface area contributed by atoms with Gasteiger partial charge in [-0.15, -0.1) is 0 Å². The molecule has 0 fully saturated rings. The maximum absolute atomic E-state index is 6.33. The molecule has 0 saturated heterocycles. The Kier molecular flexibility index (Phi) is 16.3. The topological polar surface area (TPSA) is 83.1 Å². The fourth-order valence-corrected chi connectivity index (χ4v) is 15.9. The Bertz CT molecular complexity index is 1570. The van der Waals surface area contributed by atoms with Crippen molar-refractivity contribution in [3.63, 3.8) is 0 Å². The van der Waals surface area contributed by atoms with Crippen molar-refractivity contribution in [2.45, 2.75) is 31.0 Å². The number of hydrogen-bond donors (Lipinski definition) is 0. The third-order valence-corrected chi connectivity index (χ3v) is 18.0. The second-order valence-corrected chi connectivity index (χ2v) is 17.0. The van der Waals surface area contributed by atoms with Crippen molar-refractivity contribution in [3.8, 4) is 51.7 Å². The normalized spacial score (nSPS) is 13.3. The summed E-state index contributed by atoms with van der Waals surface area (Å²) in [5.74, 6) is 4.98. The Morgan fingerprint density at radius 3 is 0.880 bits per heavy atom. The van der Waals surface area contributed by atoms with Crippen molar-refractivity contribution in [2.24, 2.45) is 0 Å². The van der Waals surface area contributed by atoms with Crippen molar-refractivity contribution < 1.29 is 100 Å². The summed E-state index contributed by atoms with van der Waals surface area (Å²) in [6.45, 7) is 8.76. The number of benzene rings is 3. The summed E-state index contributed by atoms with van der Waals surface area (Å²) in [4.78, 5) is 0. The smallest absolute Gasteiger partial charge is 1.00 e. The Labute approximate surface area is 327 Å². The van der Waals surface area contributed by atoms with Gasteiger partial charge in [-0.2, -0.15) is 0 Å². The molecular weight excluding hydrogens is 759 g/mol. The molecule has 0 aliphatic heterocycles. The zero-order chi connectivity index (χ0) is 34.8. The zero-order valence-corrected chi connectivity index (χ0v) is 35.6. The van der Waals surface area contributed by atoms with Gasteiger partial charge in [-0.3, -0.25) is 0 Å². The molecule has 3 aromatic carbocycles. The van der Waals surface area contributed by atoms with E-state index in [1.165, 1.54) is 22.3 Å². The van der Waals surface area contributed by atoms with Crippen molar-refractivity contribution >= 4 is 23.6 Å². The molecule has 9 nitrogen and oxygen atoms in total. The molecule has 0 unspecified atom stereocenters. The summed E-state index contributed by atoms with van der Waals surface area (Å²) in [5.41, 5.74) is 4.79. The van der Waals surface area contributed by atoms with Crippen LogP contribution in [0.2, 0.25) is 3.34 Å². The molecule has 0 radical (unpaired) electrons. The second-order valence-electron chi connectivity index (χ2n) is 11.2. The van der Waals surface area contributed by atoms with Crippen molar-refractivity contribution in [2.75, 3.05) is 64.0 Å². The van der Waals surface area contributed by atoms with Crippen LogP contribution in [-0.4, -0.2) is 72.1 Å². The third-order valence-electron chi connectivity index (χ3n) is 9.65. The van der Waals surface area contributed by atoms with Gasteiger partial charge >= 0.3 is 292 Å². The number of hydrogen-bond acceptors (Lipinski definition) is 9. The van der Waals surface area contributed by atoms with E-state index < -0.39 is 11.4 Å². The van der Waals surface area contributed by atoms with Crippen LogP contribution in [0.1, 0.15) is 27.7 Å². The van der Waals surface area contributed by atoms with Crippen LogP contribution in [-0.2, 0) is 20.4 Å². The minimum absolute atomic E-state index is 0. The van der Waals surface area contributed by atoms with Crippen LogP contribution in [0.15, 0.2) is 58.7 Å². The molecule has 1 aliphatic rings. The van der Waals surface area contributed by atoms with Crippen LogP contribution < -0.4 is 95.4 Å². The minimum atomic E-state index is -3.78. The molecule has 4 rings (SSSR count). The van der Waals surface area contributed by atoms with Crippen LogP contribution in [0, 0.1) is 0 Å². The van der Waals surface area contributed by atoms with E-state index in [4.69, 9.17) is 42.6 Å². The zero-order valence-electron chi connectivity index (χ0n) is 30.8. The molecular formula is C36H45Cl3O9SiTi. The fraction of sp³-hybridized carbons (Fsp3) is 0.389. The van der Waals surface area contributed by atoms with E-state index >= 15 is 0 Å². The number of allylic oxidation sites excluding steroid dienone is 4. The molecule has 0 aromatic heterocycles. The average molecular weight is 804 g/mol. The fourth-order valence-electron chi connectivity index (χ4n) is 7.02. The van der Waals surface area contributed by atoms with Crippen LogP contribution in [0.25, 0.3) is 0 Å². The van der Waals surface area contributed by atoms with E-state index in [0.717, 1.165) is 15.6 Å². The summed E-state index contributed by atoms with van der Waals surface area (Å²) >= 11 is 2.30. The van der Waals surface area contributed by atoms with E-state index in [0.29, 0.717) is 51.7 Å². The number of halogens is 3. The number of ether oxygens (including phenoxy) is 9. The molecule has 0 atom stereocenters. The second kappa shape index (κ2) is 18.1. The van der Waals surface area contributed by atoms with Crippen molar-refractivity contribution in [1.29, 1.82) is 0 Å². The first-order chi connectivity index (χ1) is 22.4. The van der Waals surface area contributed by atoms with E-state index in [1.54, 1.807) is 64.0 Å². The van der Waals surface area contributed by atoms with E-state index in [-0.39, 0.29) is 37.2 Å². The SMILES string of the molecule is COc1cc(OC)c(OC)c([Si](c2cc(OC)cc(OC)c2OC)(c2cc(OC)cc(OC)c2OC)[C]2([Ti+3])C(C)=C(C)C(C)=C2C)c1.[Cl-].[Cl-].[Cl-]. The van der Waals surface area contributed by atoms with Crippen LogP contribution >= 0.6 is 0 Å². The van der Waals surface area contributed by atoms with Crippen molar-refractivity contribution in [1.82, 2.24) is 0 Å². The van der Waals surface area contributed by atoms with E-state index in [9.17, 15) is 0 Å². The Morgan fingerprint density at radius 1 is 0.420 bits per heavy atom. The molecule has 272 valence electrons. The van der Waals surface area contributed by atoms with Gasteiger partial charge in [0.05, 0.1) is 0 Å². The van der Waals surface area contributed by atoms with Gasteiger partial charge in [-0.25, -0.2) is 0 Å². The molecule has 50 heavy (non-hydrogen) atoms. The standard InChI is InChI=1S/C36H45O9Si.3ClH.Ti/c1-20-21(2)23(4)36(22(20)3)46(30-17-24(37-5)14-27(40-8)33(30)43-11,31-18-25(38-6)15-28(41-9)34(31)44-12)32-19-26(39-7)16-29(42-10)35(32)45-13;;;;/h14-19H,1-13H3;3*1H;/q;;;;+3/p-3. The van der Waals surface area contributed by atoms with Gasteiger partial charge in [-0.1, -0.05) is 0 Å². The maximum Gasteiger partial charge on any atom is -1.00 e. The molecule has 0 heterocycles. The van der Waals surface area contributed by atoms with Gasteiger partial charge in [0.25, 0.3) is 0 Å². The average Bonchev–Trinajstić information content (AvgIpc) is 3.25. The molecule has 0 amide bonds. The molecule has 14 heteroatoms. The predicted octanol–water partition coefficient (Wildman–Crippen LogP) is -3.82. The monoisotopic (exact) mass is 802 g/mol. The molecule has 1 aliphatic carbocycles. The Balaban J connectivity index is 0.00000417. The van der Waals surface area contributed by atoms with Gasteiger partial charge in [0.2, 0.25) is 0 Å². The maximum atomic E-state index is 6.33. The minimum Gasteiger partial charge on any atom is -1.00 e. The number of methoxy groups -OCH3 is 9. The molecule has 0 bridgehead atoms. The third kappa shape index (κ3) is 6.75. The van der Waals surface area contributed by atoms with Gasteiger partial charge in [0.15, 0.2) is 0 Å². The Morgan fingerprint density at radius 2 is 0.680 bits per heavy atom. The number of rotatable bonds is 13. The first-order valence-corrected chi connectivity index (χ1v) is 17.8. The van der Waals surface area contributed by atoms with Gasteiger partial charge in [0, 0.05) is 0 Å². The largest absolute Gasteiger partial charge is 1.00 e. The van der Waals surface area contributed by atoms with Crippen LogP contribution in [0.3, 0.4) is 0 Å². The molecule has 3 aromatic rings. The summed E-state index contributed by atoms with van der Waals surface area (Å²) in [6.07, 6.45) is 0. The molecule has 0 saturated carbocycles. The summed E-state index contributed by atoms with van der Waals surface area (Å²) < 4.78 is 54.2. The van der Waals surface area contributed by atoms with Gasteiger partial charge in [0.1, 0.15) is 0 Å². The quantitative estimate of drug-likeness (QED) is 0.128.